The number of nitrogens with one attached hydrogen (secondary N) is 1. The van der Waals surface area contributed by atoms with Crippen LogP contribution in [-0.4, -0.2) is 44.9 Å². The third-order valence-corrected chi connectivity index (χ3v) is 7.27. The van der Waals surface area contributed by atoms with Crippen LogP contribution in [0.2, 0.25) is 0 Å². The number of nitrogens with zero attached hydrogens (tertiary/aromatic N) is 4. The maximum Gasteiger partial charge on any atom is 0.233 e. The number of thioether (sulfide) groups is 1. The van der Waals surface area contributed by atoms with Crippen molar-refractivity contribution >= 4 is 17.7 Å². The standard InChI is InChI=1S/C25H30FN5OS/c1-16(30(3)4)23-28-29-25(31(23)20-14-12-19(26)13-15-20)33-17(2)24(32)27-22-11-7-9-18-8-5-6-10-21(18)22/h5-6,8,10,12-17,22H,7,9,11H2,1-4H3,(H,27,32). The Morgan fingerprint density at radius 2 is 1.88 bits per heavy atom. The van der Waals surface area contributed by atoms with Gasteiger partial charge in [-0.05, 0) is 82.6 Å². The van der Waals surface area contributed by atoms with E-state index in [2.05, 4.69) is 33.7 Å². The number of hydrogen-bond donors (Lipinski definition) is 1. The van der Waals surface area contributed by atoms with Crippen LogP contribution in [0.1, 0.15) is 55.7 Å². The lowest BCUT2D eigenvalue weighted by Gasteiger charge is -2.27. The van der Waals surface area contributed by atoms with Crippen LogP contribution in [-0.2, 0) is 11.2 Å². The Morgan fingerprint density at radius 1 is 1.15 bits per heavy atom. The molecule has 8 heteroatoms. The van der Waals surface area contributed by atoms with Crippen molar-refractivity contribution in [2.24, 2.45) is 0 Å². The van der Waals surface area contributed by atoms with Crippen LogP contribution in [0.15, 0.2) is 53.7 Å². The van der Waals surface area contributed by atoms with Gasteiger partial charge >= 0.3 is 0 Å². The number of fused-ring (bicyclic) bond motifs is 1. The van der Waals surface area contributed by atoms with Gasteiger partial charge in [-0.2, -0.15) is 0 Å². The van der Waals surface area contributed by atoms with E-state index in [4.69, 9.17) is 0 Å². The highest BCUT2D eigenvalue weighted by atomic mass is 32.2. The second kappa shape index (κ2) is 10.1. The summed E-state index contributed by atoms with van der Waals surface area (Å²) in [5, 5.41) is 12.3. The lowest BCUT2D eigenvalue weighted by atomic mass is 9.88. The van der Waals surface area contributed by atoms with Gasteiger partial charge in [-0.25, -0.2) is 4.39 Å². The van der Waals surface area contributed by atoms with E-state index in [9.17, 15) is 9.18 Å². The molecule has 0 bridgehead atoms. The third kappa shape index (κ3) is 5.12. The van der Waals surface area contributed by atoms with Gasteiger partial charge < -0.3 is 5.32 Å². The first kappa shape index (κ1) is 23.4. The summed E-state index contributed by atoms with van der Waals surface area (Å²) in [6, 6.07) is 14.6. The Labute approximate surface area is 198 Å². The van der Waals surface area contributed by atoms with E-state index >= 15 is 0 Å². The van der Waals surface area contributed by atoms with Crippen molar-refractivity contribution in [1.29, 1.82) is 0 Å². The van der Waals surface area contributed by atoms with Crippen LogP contribution in [0.5, 0.6) is 0 Å². The Morgan fingerprint density at radius 3 is 2.61 bits per heavy atom. The van der Waals surface area contributed by atoms with E-state index in [0.29, 0.717) is 5.16 Å². The molecule has 1 aromatic heterocycles. The molecule has 4 rings (SSSR count). The molecule has 0 saturated carbocycles. The van der Waals surface area contributed by atoms with Gasteiger partial charge in [0.25, 0.3) is 0 Å². The lowest BCUT2D eigenvalue weighted by Crippen LogP contribution is -2.36. The number of amides is 1. The zero-order valence-corrected chi connectivity index (χ0v) is 20.3. The second-order valence-electron chi connectivity index (χ2n) is 8.70. The molecule has 33 heavy (non-hydrogen) atoms. The van der Waals surface area contributed by atoms with Crippen molar-refractivity contribution in [1.82, 2.24) is 25.0 Å². The van der Waals surface area contributed by atoms with E-state index < -0.39 is 0 Å². The minimum Gasteiger partial charge on any atom is -0.348 e. The summed E-state index contributed by atoms with van der Waals surface area (Å²) in [4.78, 5) is 15.2. The van der Waals surface area contributed by atoms with Gasteiger partial charge in [-0.3, -0.25) is 14.3 Å². The van der Waals surface area contributed by atoms with Crippen LogP contribution in [0.4, 0.5) is 4.39 Å². The first-order valence-electron chi connectivity index (χ1n) is 11.3. The highest BCUT2D eigenvalue weighted by Gasteiger charge is 2.27. The quantitative estimate of drug-likeness (QED) is 0.510. The van der Waals surface area contributed by atoms with Gasteiger partial charge in [-0.15, -0.1) is 10.2 Å². The predicted octanol–water partition coefficient (Wildman–Crippen LogP) is 4.70. The predicted molar refractivity (Wildman–Crippen MR) is 129 cm³/mol. The second-order valence-corrected chi connectivity index (χ2v) is 10.0. The minimum absolute atomic E-state index is 0.0141. The largest absolute Gasteiger partial charge is 0.348 e. The van der Waals surface area contributed by atoms with Crippen LogP contribution in [0.3, 0.4) is 0 Å². The Bertz CT molecular complexity index is 1110. The summed E-state index contributed by atoms with van der Waals surface area (Å²) in [6.07, 6.45) is 3.06. The normalized spacial score (nSPS) is 17.5. The molecule has 3 atom stereocenters. The van der Waals surface area contributed by atoms with Crippen LogP contribution in [0, 0.1) is 5.82 Å². The maximum atomic E-state index is 13.6. The molecule has 1 N–H and O–H groups in total. The first-order valence-corrected chi connectivity index (χ1v) is 12.2. The lowest BCUT2D eigenvalue weighted by molar-refractivity contribution is -0.121. The van der Waals surface area contributed by atoms with E-state index in [-0.39, 0.29) is 29.1 Å². The molecule has 1 aliphatic rings. The van der Waals surface area contributed by atoms with Gasteiger partial charge in [0, 0.05) is 5.69 Å². The molecule has 1 heterocycles. The molecular formula is C25H30FN5OS. The summed E-state index contributed by atoms with van der Waals surface area (Å²) in [5.74, 6) is 0.407. The Kier molecular flexibility index (Phi) is 7.14. The number of carbonyl (C=O) groups is 1. The first-order chi connectivity index (χ1) is 15.8. The molecular weight excluding hydrogens is 437 g/mol. The molecule has 0 radical (unpaired) electrons. The highest BCUT2D eigenvalue weighted by Crippen LogP contribution is 2.32. The summed E-state index contributed by atoms with van der Waals surface area (Å²) in [7, 11) is 3.94. The number of benzene rings is 2. The molecule has 0 aliphatic heterocycles. The van der Waals surface area contributed by atoms with Gasteiger partial charge in [0.15, 0.2) is 11.0 Å². The van der Waals surface area contributed by atoms with Crippen molar-refractivity contribution in [3.05, 3.63) is 71.3 Å². The molecule has 0 fully saturated rings. The van der Waals surface area contributed by atoms with Gasteiger partial charge in [0.2, 0.25) is 5.91 Å². The Hall–Kier alpha value is -2.71. The van der Waals surface area contributed by atoms with Crippen LogP contribution >= 0.6 is 11.8 Å². The van der Waals surface area contributed by atoms with Crippen molar-refractivity contribution in [2.75, 3.05) is 14.1 Å². The van der Waals surface area contributed by atoms with Crippen molar-refractivity contribution < 1.29 is 9.18 Å². The molecule has 2 aromatic carbocycles. The number of aromatic nitrogens is 3. The number of carbonyl (C=O) groups excluding carboxylic acids is 1. The van der Waals surface area contributed by atoms with Crippen molar-refractivity contribution in [3.63, 3.8) is 0 Å². The summed E-state index contributed by atoms with van der Waals surface area (Å²) in [6.45, 7) is 3.92. The average Bonchev–Trinajstić information content (AvgIpc) is 3.22. The van der Waals surface area contributed by atoms with Gasteiger partial charge in [0.1, 0.15) is 5.82 Å². The smallest absolute Gasteiger partial charge is 0.233 e. The minimum atomic E-state index is -0.370. The monoisotopic (exact) mass is 467 g/mol. The molecule has 1 aliphatic carbocycles. The molecule has 174 valence electrons. The number of hydrogen-bond acceptors (Lipinski definition) is 5. The number of rotatable bonds is 7. The average molecular weight is 468 g/mol. The molecule has 0 spiro atoms. The third-order valence-electron chi connectivity index (χ3n) is 6.23. The van der Waals surface area contributed by atoms with Gasteiger partial charge in [0.05, 0.1) is 17.3 Å². The van der Waals surface area contributed by atoms with E-state index in [1.165, 1.54) is 35.0 Å². The van der Waals surface area contributed by atoms with Crippen molar-refractivity contribution in [2.45, 2.75) is 55.6 Å². The van der Waals surface area contributed by atoms with Crippen molar-refractivity contribution in [3.8, 4) is 5.69 Å². The van der Waals surface area contributed by atoms with Crippen LogP contribution in [0.25, 0.3) is 5.69 Å². The number of halogens is 1. The molecule has 3 aromatic rings. The Balaban J connectivity index is 1.56. The SMILES string of the molecule is CC(Sc1nnc(C(C)N(C)C)n1-c1ccc(F)cc1)C(=O)NC1CCCc2ccccc21. The zero-order valence-electron chi connectivity index (χ0n) is 19.5. The van der Waals surface area contributed by atoms with E-state index in [1.807, 2.05) is 43.5 Å². The molecule has 3 unspecified atom stereocenters. The summed E-state index contributed by atoms with van der Waals surface area (Å²) >= 11 is 1.36. The fourth-order valence-electron chi connectivity index (χ4n) is 4.10. The fraction of sp³-hybridized carbons (Fsp3) is 0.400. The summed E-state index contributed by atoms with van der Waals surface area (Å²) in [5.41, 5.74) is 3.29. The van der Waals surface area contributed by atoms with Crippen LogP contribution < -0.4 is 5.32 Å². The van der Waals surface area contributed by atoms with Gasteiger partial charge in [-0.1, -0.05) is 36.0 Å². The highest BCUT2D eigenvalue weighted by molar-refractivity contribution is 8.00. The zero-order chi connectivity index (χ0) is 23.5. The molecule has 6 nitrogen and oxygen atoms in total. The molecule has 1 amide bonds. The maximum absolute atomic E-state index is 13.6. The summed E-state index contributed by atoms with van der Waals surface area (Å²) < 4.78 is 15.5. The van der Waals surface area contributed by atoms with E-state index in [0.717, 1.165) is 30.8 Å². The molecule has 0 saturated heterocycles. The number of aryl methyl sites for hydroxylation is 1. The van der Waals surface area contributed by atoms with E-state index in [1.54, 1.807) is 12.1 Å². The topological polar surface area (TPSA) is 63.1 Å². The fourth-order valence-corrected chi connectivity index (χ4v) is 4.98.